The Morgan fingerprint density at radius 1 is 0.254 bits per heavy atom. The van der Waals surface area contributed by atoms with Gasteiger partial charge in [-0.1, -0.05) is 259 Å². The van der Waals surface area contributed by atoms with Crippen molar-refractivity contribution in [3.63, 3.8) is 0 Å². The smallest absolute Gasteiger partial charge is 0.0639 e. The first-order chi connectivity index (χ1) is 32.6. The average Bonchev–Trinajstić information content (AvgIpc) is 3.31. The van der Waals surface area contributed by atoms with E-state index in [1.54, 1.807) is 0 Å². The van der Waals surface area contributed by atoms with Gasteiger partial charge < -0.3 is 0 Å². The fourth-order valence-corrected chi connectivity index (χ4v) is 9.97. The van der Waals surface area contributed by atoms with E-state index in [1.807, 2.05) is 0 Å². The van der Waals surface area contributed by atoms with Crippen LogP contribution in [0, 0.1) is 0 Å². The molecule has 0 amide bonds. The molecule has 2 aromatic rings. The Labute approximate surface area is 429 Å². The number of aliphatic imine (C=N–C) groups is 2. The molecule has 0 radical (unpaired) electrons. The second-order valence-corrected chi connectivity index (χ2v) is 20.9. The van der Waals surface area contributed by atoms with Crippen molar-refractivity contribution in [3.8, 4) is 0 Å². The first-order valence-corrected chi connectivity index (χ1v) is 30.0. The molecular weight excluding hydrogens is 855 g/mol. The first-order valence-electron chi connectivity index (χ1n) is 30.0. The van der Waals surface area contributed by atoms with Gasteiger partial charge in [-0.3, -0.25) is 9.98 Å². The summed E-state index contributed by atoms with van der Waals surface area (Å²) in [7, 11) is 0. The van der Waals surface area contributed by atoms with Crippen LogP contribution in [0.4, 0.5) is 11.4 Å². The van der Waals surface area contributed by atoms with Crippen LogP contribution in [0.1, 0.15) is 321 Å². The van der Waals surface area contributed by atoms with Gasteiger partial charge in [0.25, 0.3) is 0 Å². The van der Waals surface area contributed by atoms with Crippen LogP contribution in [-0.2, 0) is 42.2 Å². The quantitative estimate of drug-likeness (QED) is 0.0359. The third-order valence-electron chi connectivity index (χ3n) is 14.2. The Morgan fingerprint density at radius 3 is 0.701 bits per heavy atom. The van der Waals surface area contributed by atoms with E-state index in [-0.39, 0.29) is 16.5 Å². The molecule has 0 saturated heterocycles. The van der Waals surface area contributed by atoms with E-state index in [2.05, 4.69) is 77.9 Å². The molecule has 2 rings (SSSR count). The van der Waals surface area contributed by atoms with Gasteiger partial charge in [0.15, 0.2) is 0 Å². The zero-order chi connectivity index (χ0) is 47.4. The van der Waals surface area contributed by atoms with Gasteiger partial charge in [0.2, 0.25) is 0 Å². The van der Waals surface area contributed by atoms with Crippen molar-refractivity contribution in [3.05, 3.63) is 58.7 Å². The molecule has 0 aliphatic rings. The fraction of sp³-hybridized carbons (Fsp3) is 0.781. The Morgan fingerprint density at radius 2 is 0.448 bits per heavy atom. The molecule has 67 heavy (non-hydrogen) atoms. The topological polar surface area (TPSA) is 24.7 Å². The summed E-state index contributed by atoms with van der Waals surface area (Å²) in [6.45, 7) is 13.9. The summed E-state index contributed by atoms with van der Waals surface area (Å²) in [6.07, 6.45) is 58.5. The molecule has 2 aromatic carbocycles. The number of rotatable bonds is 47. The van der Waals surface area contributed by atoms with Gasteiger partial charge in [-0.15, -0.1) is 0 Å². The third-order valence-corrected chi connectivity index (χ3v) is 14.2. The molecule has 0 bridgehead atoms. The molecule has 0 saturated carbocycles. The Balaban J connectivity index is 0.0000224. The van der Waals surface area contributed by atoms with E-state index in [1.165, 1.54) is 289 Å². The van der Waals surface area contributed by atoms with Crippen LogP contribution in [0.5, 0.6) is 0 Å². The van der Waals surface area contributed by atoms with Crippen LogP contribution in [0.3, 0.4) is 0 Å². The van der Waals surface area contributed by atoms with Crippen LogP contribution >= 0.6 is 0 Å². The zero-order valence-electron chi connectivity index (χ0n) is 45.8. The maximum Gasteiger partial charge on any atom is 0.0639 e. The Hall–Kier alpha value is -1.73. The fourth-order valence-electron chi connectivity index (χ4n) is 9.97. The van der Waals surface area contributed by atoms with Crippen LogP contribution in [-0.4, -0.2) is 11.4 Å². The predicted octanol–water partition coefficient (Wildman–Crippen LogP) is 22.4. The normalized spacial score (nSPS) is 12.0. The summed E-state index contributed by atoms with van der Waals surface area (Å²) >= 11 is 0. The van der Waals surface area contributed by atoms with E-state index in [9.17, 15) is 0 Å². The van der Waals surface area contributed by atoms with Gasteiger partial charge in [-0.25, -0.2) is 0 Å². The Bertz CT molecular complexity index is 1400. The van der Waals surface area contributed by atoms with Gasteiger partial charge in [0.1, 0.15) is 0 Å². The molecule has 388 valence electrons. The van der Waals surface area contributed by atoms with E-state index >= 15 is 0 Å². The SMILES string of the molecule is CCCCCCCCCCCCCCCCCCCCCCCCCC(=Nc1cc(CCCCC)cc(CCCCC)c1)C(CCCCC)=Nc1cc(CCCCC)cc(CCCCC)c1.[Ni]. The molecule has 0 aliphatic carbocycles. The maximum atomic E-state index is 5.69. The van der Waals surface area contributed by atoms with Crippen molar-refractivity contribution < 1.29 is 16.5 Å². The summed E-state index contributed by atoms with van der Waals surface area (Å²) in [4.78, 5) is 11.4. The molecule has 2 nitrogen and oxygen atoms in total. The zero-order valence-corrected chi connectivity index (χ0v) is 46.8. The summed E-state index contributed by atoms with van der Waals surface area (Å²) in [5.74, 6) is 0. The van der Waals surface area contributed by atoms with Gasteiger partial charge >= 0.3 is 0 Å². The van der Waals surface area contributed by atoms with E-state index in [0.29, 0.717) is 0 Å². The molecule has 0 atom stereocenters. The standard InChI is InChI=1S/C64H112N2.Ni/c1-7-13-19-20-21-22-23-24-25-26-27-28-29-30-31-32-33-34-35-36-37-38-44-50-64(66-62-55-59(47-41-16-10-4)52-60(56-62)48-42-17-11-5)63(49-43-18-12-6)65-61-53-57(45-39-14-8-2)51-58(54-61)46-40-15-9-3;/h51-56H,7-50H2,1-6H3;. The third kappa shape index (κ3) is 35.1. The predicted molar refractivity (Wildman–Crippen MR) is 301 cm³/mol. The number of unbranched alkanes of at least 4 members (excludes halogenated alkanes) is 32. The van der Waals surface area contributed by atoms with Gasteiger partial charge in [-0.05, 0) is 124 Å². The van der Waals surface area contributed by atoms with E-state index in [4.69, 9.17) is 9.98 Å². The summed E-state index contributed by atoms with van der Waals surface area (Å²) in [5.41, 5.74) is 10.8. The van der Waals surface area contributed by atoms with Gasteiger partial charge in [0, 0.05) is 16.5 Å². The van der Waals surface area contributed by atoms with Crippen molar-refractivity contribution in [1.29, 1.82) is 0 Å². The molecule has 0 N–H and O–H groups in total. The molecule has 0 fully saturated rings. The van der Waals surface area contributed by atoms with E-state index in [0.717, 1.165) is 38.5 Å². The van der Waals surface area contributed by atoms with Gasteiger partial charge in [-0.2, -0.15) is 0 Å². The monoisotopic (exact) mass is 967 g/mol. The molecule has 0 aliphatic heterocycles. The molecule has 0 heterocycles. The number of nitrogens with zero attached hydrogens (tertiary/aromatic N) is 2. The molecule has 0 unspecified atom stereocenters. The van der Waals surface area contributed by atoms with Crippen molar-refractivity contribution >= 4 is 22.8 Å². The average molecular weight is 968 g/mol. The van der Waals surface area contributed by atoms with Crippen molar-refractivity contribution in [2.75, 3.05) is 0 Å². The summed E-state index contributed by atoms with van der Waals surface area (Å²) in [5, 5.41) is 0. The minimum Gasteiger partial charge on any atom is -0.252 e. The van der Waals surface area contributed by atoms with Crippen LogP contribution in [0.2, 0.25) is 0 Å². The van der Waals surface area contributed by atoms with E-state index < -0.39 is 0 Å². The Kier molecular flexibility index (Phi) is 44.1. The number of aryl methyl sites for hydroxylation is 4. The molecule has 0 spiro atoms. The largest absolute Gasteiger partial charge is 0.252 e. The van der Waals surface area contributed by atoms with Crippen LogP contribution in [0.15, 0.2) is 46.4 Å². The van der Waals surface area contributed by atoms with Crippen molar-refractivity contribution in [1.82, 2.24) is 0 Å². The summed E-state index contributed by atoms with van der Waals surface area (Å²) in [6, 6.07) is 14.7. The molecule has 0 aromatic heterocycles. The van der Waals surface area contributed by atoms with Crippen LogP contribution in [0.25, 0.3) is 0 Å². The van der Waals surface area contributed by atoms with Gasteiger partial charge in [0.05, 0.1) is 22.8 Å². The number of hydrogen-bond acceptors (Lipinski definition) is 2. The molecule has 3 heteroatoms. The number of benzene rings is 2. The molecular formula is C64H112N2Ni. The van der Waals surface area contributed by atoms with Crippen molar-refractivity contribution in [2.24, 2.45) is 9.98 Å². The minimum atomic E-state index is 0. The second-order valence-electron chi connectivity index (χ2n) is 20.9. The summed E-state index contributed by atoms with van der Waals surface area (Å²) < 4.78 is 0. The first kappa shape index (κ1) is 63.3. The number of hydrogen-bond donors (Lipinski definition) is 0. The van der Waals surface area contributed by atoms with Crippen molar-refractivity contribution in [2.45, 2.75) is 324 Å². The maximum absolute atomic E-state index is 5.69. The minimum absolute atomic E-state index is 0. The second kappa shape index (κ2) is 46.6. The van der Waals surface area contributed by atoms with Crippen LogP contribution < -0.4 is 0 Å².